The number of halogens is 1. The molecule has 4 nitrogen and oxygen atoms in total. The number of rotatable bonds is 2. The average molecular weight is 242 g/mol. The number of esters is 1. The van der Waals surface area contributed by atoms with Gasteiger partial charge in [-0.2, -0.15) is 0 Å². The summed E-state index contributed by atoms with van der Waals surface area (Å²) in [6, 6.07) is 3.47. The van der Waals surface area contributed by atoms with Crippen molar-refractivity contribution in [3.8, 4) is 5.75 Å². The highest BCUT2D eigenvalue weighted by molar-refractivity contribution is 6.33. The molecule has 1 aliphatic rings. The largest absolute Gasteiger partial charge is 0.489 e. The Bertz CT molecular complexity index is 402. The predicted molar refractivity (Wildman–Crippen MR) is 60.6 cm³/mol. The molecule has 1 aromatic rings. The van der Waals surface area contributed by atoms with Crippen LogP contribution in [-0.4, -0.2) is 19.2 Å². The molecular weight excluding hydrogens is 230 g/mol. The molecule has 0 aromatic heterocycles. The van der Waals surface area contributed by atoms with Gasteiger partial charge in [0.25, 0.3) is 0 Å². The maximum absolute atomic E-state index is 11.1. The van der Waals surface area contributed by atoms with Gasteiger partial charge >= 0.3 is 5.97 Å². The number of hydrogen-bond donors (Lipinski definition) is 1. The maximum atomic E-state index is 11.1. The molecule has 0 aliphatic carbocycles. The zero-order valence-corrected chi connectivity index (χ0v) is 9.58. The number of fused-ring (bicyclic) bond motifs is 1. The summed E-state index contributed by atoms with van der Waals surface area (Å²) in [5, 5.41) is 0.470. The molecule has 0 fully saturated rings. The number of carbonyl (C=O) groups excluding carboxylic acids is 1. The van der Waals surface area contributed by atoms with E-state index in [-0.39, 0.29) is 18.5 Å². The number of methoxy groups -OCH3 is 1. The lowest BCUT2D eigenvalue weighted by Crippen LogP contribution is -2.18. The van der Waals surface area contributed by atoms with E-state index in [1.54, 1.807) is 12.1 Å². The van der Waals surface area contributed by atoms with Crippen LogP contribution in [0.25, 0.3) is 0 Å². The van der Waals surface area contributed by atoms with Crippen molar-refractivity contribution in [3.63, 3.8) is 0 Å². The minimum atomic E-state index is -0.281. The summed E-state index contributed by atoms with van der Waals surface area (Å²) >= 11 is 5.88. The molecule has 1 heterocycles. The third-order valence-corrected chi connectivity index (χ3v) is 2.87. The van der Waals surface area contributed by atoms with Gasteiger partial charge in [0, 0.05) is 12.5 Å². The number of benzene rings is 1. The van der Waals surface area contributed by atoms with Gasteiger partial charge < -0.3 is 15.2 Å². The van der Waals surface area contributed by atoms with Gasteiger partial charge in [-0.05, 0) is 11.6 Å². The minimum Gasteiger partial charge on any atom is -0.489 e. The summed E-state index contributed by atoms with van der Waals surface area (Å²) in [5.74, 6) is 0.421. The Morgan fingerprint density at radius 3 is 3.12 bits per heavy atom. The van der Waals surface area contributed by atoms with Crippen molar-refractivity contribution < 1.29 is 14.3 Å². The zero-order chi connectivity index (χ0) is 11.7. The fourth-order valence-electron chi connectivity index (χ4n) is 1.74. The van der Waals surface area contributed by atoms with Crippen LogP contribution in [0.1, 0.15) is 12.0 Å². The summed E-state index contributed by atoms with van der Waals surface area (Å²) in [6.45, 7) is 0. The first-order valence-electron chi connectivity index (χ1n) is 4.91. The van der Waals surface area contributed by atoms with Crippen molar-refractivity contribution in [3.05, 3.63) is 22.7 Å². The average Bonchev–Trinajstić information content (AvgIpc) is 2.60. The van der Waals surface area contributed by atoms with Gasteiger partial charge in [-0.15, -0.1) is 0 Å². The number of nitrogen functional groups attached to an aromatic ring is 1. The molecule has 1 unspecified atom stereocenters. The normalized spacial score (nSPS) is 17.8. The molecule has 1 aliphatic heterocycles. The predicted octanol–water partition coefficient (Wildman–Crippen LogP) is 1.79. The molecule has 0 saturated heterocycles. The molecule has 16 heavy (non-hydrogen) atoms. The molecular formula is C11H12ClNO3. The summed E-state index contributed by atoms with van der Waals surface area (Å²) in [7, 11) is 1.36. The number of carbonyl (C=O) groups is 1. The van der Waals surface area contributed by atoms with Crippen molar-refractivity contribution in [1.82, 2.24) is 0 Å². The Kier molecular flexibility index (Phi) is 2.92. The van der Waals surface area contributed by atoms with E-state index in [0.717, 1.165) is 5.56 Å². The molecule has 5 heteroatoms. The summed E-state index contributed by atoms with van der Waals surface area (Å²) in [4.78, 5) is 11.1. The highest BCUT2D eigenvalue weighted by Gasteiger charge is 2.26. The van der Waals surface area contributed by atoms with Crippen molar-refractivity contribution in [2.75, 3.05) is 12.8 Å². The Labute approximate surface area is 98.3 Å². The first-order valence-corrected chi connectivity index (χ1v) is 5.29. The van der Waals surface area contributed by atoms with E-state index < -0.39 is 0 Å². The second-order valence-corrected chi connectivity index (χ2v) is 4.11. The number of hydrogen-bond acceptors (Lipinski definition) is 4. The second kappa shape index (κ2) is 4.22. The highest BCUT2D eigenvalue weighted by atomic mass is 35.5. The molecule has 2 rings (SSSR count). The van der Waals surface area contributed by atoms with Gasteiger partial charge in [-0.1, -0.05) is 11.6 Å². The van der Waals surface area contributed by atoms with E-state index in [1.165, 1.54) is 7.11 Å². The third-order valence-electron chi connectivity index (χ3n) is 2.54. The lowest BCUT2D eigenvalue weighted by atomic mass is 10.1. The standard InChI is InChI=1S/C11H12ClNO3/c1-15-11(14)4-7-2-6-3-9(13)8(12)5-10(6)16-7/h3,5,7H,2,4,13H2,1H3. The summed E-state index contributed by atoms with van der Waals surface area (Å²) in [6.07, 6.45) is 0.717. The van der Waals surface area contributed by atoms with Crippen LogP contribution in [0.4, 0.5) is 5.69 Å². The molecule has 0 radical (unpaired) electrons. The monoisotopic (exact) mass is 241 g/mol. The Morgan fingerprint density at radius 2 is 2.44 bits per heavy atom. The molecule has 0 spiro atoms. The molecule has 86 valence electrons. The third kappa shape index (κ3) is 2.07. The fraction of sp³-hybridized carbons (Fsp3) is 0.364. The van der Waals surface area contributed by atoms with E-state index in [2.05, 4.69) is 4.74 Å². The molecule has 0 saturated carbocycles. The molecule has 0 amide bonds. The maximum Gasteiger partial charge on any atom is 0.309 e. The van der Waals surface area contributed by atoms with Crippen molar-refractivity contribution >= 4 is 23.3 Å². The smallest absolute Gasteiger partial charge is 0.309 e. The highest BCUT2D eigenvalue weighted by Crippen LogP contribution is 2.35. The molecule has 1 atom stereocenters. The van der Waals surface area contributed by atoms with E-state index in [1.807, 2.05) is 0 Å². The van der Waals surface area contributed by atoms with Crippen molar-refractivity contribution in [1.29, 1.82) is 0 Å². The van der Waals surface area contributed by atoms with Gasteiger partial charge in [0.2, 0.25) is 0 Å². The first kappa shape index (κ1) is 11.1. The molecule has 1 aromatic carbocycles. The van der Waals surface area contributed by atoms with Crippen LogP contribution < -0.4 is 10.5 Å². The van der Waals surface area contributed by atoms with E-state index in [4.69, 9.17) is 22.1 Å². The Balaban J connectivity index is 2.12. The quantitative estimate of drug-likeness (QED) is 0.633. The molecule has 2 N–H and O–H groups in total. The molecule has 0 bridgehead atoms. The first-order chi connectivity index (χ1) is 7.60. The van der Waals surface area contributed by atoms with E-state index in [0.29, 0.717) is 22.9 Å². The van der Waals surface area contributed by atoms with Gasteiger partial charge in [0.15, 0.2) is 0 Å². The van der Waals surface area contributed by atoms with Crippen LogP contribution in [0, 0.1) is 0 Å². The Morgan fingerprint density at radius 1 is 1.69 bits per heavy atom. The fourth-order valence-corrected chi connectivity index (χ4v) is 1.89. The summed E-state index contributed by atoms with van der Waals surface area (Å²) < 4.78 is 10.2. The van der Waals surface area contributed by atoms with Crippen LogP contribution >= 0.6 is 11.6 Å². The Hall–Kier alpha value is -1.42. The van der Waals surface area contributed by atoms with Gasteiger partial charge in [-0.25, -0.2) is 0 Å². The van der Waals surface area contributed by atoms with Gasteiger partial charge in [-0.3, -0.25) is 4.79 Å². The zero-order valence-electron chi connectivity index (χ0n) is 8.83. The number of anilines is 1. The minimum absolute atomic E-state index is 0.180. The van der Waals surface area contributed by atoms with E-state index in [9.17, 15) is 4.79 Å². The lowest BCUT2D eigenvalue weighted by Gasteiger charge is -2.08. The number of ether oxygens (including phenoxy) is 2. The summed E-state index contributed by atoms with van der Waals surface area (Å²) in [5.41, 5.74) is 7.20. The second-order valence-electron chi connectivity index (χ2n) is 3.71. The van der Waals surface area contributed by atoms with Crippen LogP contribution in [0.3, 0.4) is 0 Å². The van der Waals surface area contributed by atoms with Gasteiger partial charge in [0.1, 0.15) is 11.9 Å². The van der Waals surface area contributed by atoms with Crippen LogP contribution in [-0.2, 0) is 16.0 Å². The lowest BCUT2D eigenvalue weighted by molar-refractivity contribution is -0.142. The van der Waals surface area contributed by atoms with Crippen molar-refractivity contribution in [2.45, 2.75) is 18.9 Å². The van der Waals surface area contributed by atoms with Crippen molar-refractivity contribution in [2.24, 2.45) is 0 Å². The van der Waals surface area contributed by atoms with Crippen LogP contribution in [0.5, 0.6) is 5.75 Å². The van der Waals surface area contributed by atoms with Crippen LogP contribution in [0.2, 0.25) is 5.02 Å². The van der Waals surface area contributed by atoms with Crippen LogP contribution in [0.15, 0.2) is 12.1 Å². The topological polar surface area (TPSA) is 61.5 Å². The number of nitrogens with two attached hydrogens (primary N) is 1. The van der Waals surface area contributed by atoms with Gasteiger partial charge in [0.05, 0.1) is 24.2 Å². The SMILES string of the molecule is COC(=O)CC1Cc2cc(N)c(Cl)cc2O1. The van der Waals surface area contributed by atoms with E-state index >= 15 is 0 Å².